The standard InChI is InChI=1S/C50H36BN5O2/c1-34-15-11-16-35(2)49(34)51-56(50-48(58-51)29-14-30-52-50)37-18-13-20-39(32-37)57-38-19-12-17-36(31-38)53-33-54(45-26-8-7-25-44(45)53)46-27-9-10-28-47(46)55-42-23-5-3-21-40(42)41-22-4-6-24-43(41)55/h3-32H,1-2H3. The van der Waals surface area contributed by atoms with E-state index in [9.17, 15) is 0 Å². The molecule has 4 heterocycles. The molecule has 7 nitrogen and oxygen atoms in total. The van der Waals surface area contributed by atoms with Crippen molar-refractivity contribution >= 4 is 56.9 Å². The fraction of sp³-hybridized carbons (Fsp3) is 0.0400. The van der Waals surface area contributed by atoms with Crippen molar-refractivity contribution in [2.45, 2.75) is 13.8 Å². The minimum Gasteiger partial charge on any atom is -0.535 e. The normalized spacial score (nSPS) is 12.4. The van der Waals surface area contributed by atoms with E-state index in [-0.39, 0.29) is 7.05 Å². The Kier molecular flexibility index (Phi) is 7.89. The highest BCUT2D eigenvalue weighted by Gasteiger charge is 2.42. The molecule has 0 bridgehead atoms. The summed E-state index contributed by atoms with van der Waals surface area (Å²) in [6, 6.07) is 60.8. The average molecular weight is 750 g/mol. The van der Waals surface area contributed by atoms with E-state index in [0.29, 0.717) is 11.5 Å². The summed E-state index contributed by atoms with van der Waals surface area (Å²) in [5.41, 5.74) is 11.8. The predicted octanol–water partition coefficient (Wildman–Crippen LogP) is 10.5. The average Bonchev–Trinajstić information content (AvgIpc) is 3.94. The van der Waals surface area contributed by atoms with E-state index < -0.39 is 0 Å². The molecule has 11 rings (SSSR count). The van der Waals surface area contributed by atoms with Crippen LogP contribution in [0.4, 0.5) is 11.5 Å². The van der Waals surface area contributed by atoms with Crippen LogP contribution in [0.25, 0.3) is 49.9 Å². The van der Waals surface area contributed by atoms with E-state index >= 15 is 0 Å². The Morgan fingerprint density at radius 3 is 1.98 bits per heavy atom. The molecule has 0 atom stereocenters. The topological polar surface area (TPSA) is 48.3 Å². The number of para-hydroxylation sites is 6. The van der Waals surface area contributed by atoms with Gasteiger partial charge >= 0.3 is 7.05 Å². The molecule has 0 aliphatic carbocycles. The fourth-order valence-electron chi connectivity index (χ4n) is 8.58. The molecule has 8 heteroatoms. The van der Waals surface area contributed by atoms with Crippen LogP contribution in [0.2, 0.25) is 0 Å². The number of nitrogens with zero attached hydrogens (tertiary/aromatic N) is 5. The summed E-state index contributed by atoms with van der Waals surface area (Å²) in [5, 5.41) is 2.45. The number of ether oxygens (including phenoxy) is 1. The van der Waals surface area contributed by atoms with Crippen LogP contribution < -0.4 is 24.2 Å². The summed E-state index contributed by atoms with van der Waals surface area (Å²) < 4.78 is 19.9. The molecule has 10 aromatic rings. The molecule has 0 amide bonds. The van der Waals surface area contributed by atoms with Crippen molar-refractivity contribution in [3.8, 4) is 34.3 Å². The zero-order valence-corrected chi connectivity index (χ0v) is 32.0. The first-order valence-electron chi connectivity index (χ1n) is 19.5. The third-order valence-electron chi connectivity index (χ3n) is 11.2. The molecule has 0 unspecified atom stereocenters. The van der Waals surface area contributed by atoms with Crippen molar-refractivity contribution in [2.75, 3.05) is 4.81 Å². The van der Waals surface area contributed by atoms with Crippen LogP contribution in [-0.4, -0.2) is 21.2 Å². The van der Waals surface area contributed by atoms with Crippen molar-refractivity contribution < 1.29 is 14.0 Å². The smallest absolute Gasteiger partial charge is 0.526 e. The van der Waals surface area contributed by atoms with Crippen LogP contribution >= 0.6 is 0 Å². The molecule has 3 aromatic heterocycles. The maximum Gasteiger partial charge on any atom is 0.526 e. The highest BCUT2D eigenvalue weighted by atomic mass is 16.5. The van der Waals surface area contributed by atoms with Gasteiger partial charge in [0, 0.05) is 28.7 Å². The third-order valence-corrected chi connectivity index (χ3v) is 11.2. The molecule has 58 heavy (non-hydrogen) atoms. The lowest BCUT2D eigenvalue weighted by molar-refractivity contribution is -0.572. The van der Waals surface area contributed by atoms with Crippen LogP contribution in [0, 0.1) is 20.2 Å². The number of anilines is 2. The number of fused-ring (bicyclic) bond motifs is 5. The van der Waals surface area contributed by atoms with Gasteiger partial charge in [-0.25, -0.2) is 4.98 Å². The minimum absolute atomic E-state index is 0.367. The van der Waals surface area contributed by atoms with E-state index in [1.807, 2.05) is 42.6 Å². The molecular weight excluding hydrogens is 713 g/mol. The summed E-state index contributed by atoms with van der Waals surface area (Å²) in [5.74, 6) is 2.94. The number of pyridine rings is 1. The van der Waals surface area contributed by atoms with Gasteiger partial charge in [-0.3, -0.25) is 9.13 Å². The monoisotopic (exact) mass is 749 g/mol. The van der Waals surface area contributed by atoms with Crippen molar-refractivity contribution in [2.24, 2.45) is 0 Å². The number of aromatic nitrogens is 4. The Labute approximate surface area is 336 Å². The highest BCUT2D eigenvalue weighted by Crippen LogP contribution is 2.41. The van der Waals surface area contributed by atoms with Crippen LogP contribution in [0.15, 0.2) is 182 Å². The van der Waals surface area contributed by atoms with Crippen LogP contribution in [0.1, 0.15) is 11.1 Å². The van der Waals surface area contributed by atoms with Crippen molar-refractivity contribution in [3.05, 3.63) is 200 Å². The first kappa shape index (κ1) is 33.7. The lowest BCUT2D eigenvalue weighted by Crippen LogP contribution is -2.49. The van der Waals surface area contributed by atoms with E-state index in [0.717, 1.165) is 73.0 Å². The molecule has 0 radical (unpaired) electrons. The van der Waals surface area contributed by atoms with Gasteiger partial charge in [0.05, 0.1) is 39.1 Å². The number of rotatable bonds is 7. The van der Waals surface area contributed by atoms with Crippen LogP contribution in [0.3, 0.4) is 0 Å². The maximum absolute atomic E-state index is 6.65. The van der Waals surface area contributed by atoms with Gasteiger partial charge in [-0.2, -0.15) is 0 Å². The van der Waals surface area contributed by atoms with E-state index in [1.165, 1.54) is 10.8 Å². The van der Waals surface area contributed by atoms with Crippen molar-refractivity contribution in [1.29, 1.82) is 0 Å². The van der Waals surface area contributed by atoms with Gasteiger partial charge in [-0.15, -0.1) is 0 Å². The first-order valence-corrected chi connectivity index (χ1v) is 19.5. The number of aryl methyl sites for hydroxylation is 2. The SMILES string of the molecule is Cc1cccc(C)c1B1Oc2cccnc2N1c1cccc(Oc2cccc(-n3[c-][n+](-c4ccccc4-n4c5ccccc5c5ccccc54)c4ccccc43)c2)c1. The quantitative estimate of drug-likeness (QED) is 0.0925. The molecule has 0 saturated heterocycles. The van der Waals surface area contributed by atoms with Gasteiger partial charge in [0.1, 0.15) is 17.2 Å². The van der Waals surface area contributed by atoms with Gasteiger partial charge in [-0.05, 0) is 86.0 Å². The Bertz CT molecular complexity index is 3130. The van der Waals surface area contributed by atoms with Gasteiger partial charge < -0.3 is 18.8 Å². The zero-order chi connectivity index (χ0) is 38.7. The zero-order valence-electron chi connectivity index (χ0n) is 32.0. The molecule has 1 aliphatic heterocycles. The highest BCUT2D eigenvalue weighted by molar-refractivity contribution is 6.75. The van der Waals surface area contributed by atoms with E-state index in [1.54, 1.807) is 0 Å². The second-order valence-corrected chi connectivity index (χ2v) is 14.7. The second kappa shape index (κ2) is 13.6. The van der Waals surface area contributed by atoms with Gasteiger partial charge in [0.25, 0.3) is 6.33 Å². The molecule has 7 aromatic carbocycles. The molecule has 0 saturated carbocycles. The minimum atomic E-state index is -0.367. The Balaban J connectivity index is 0.974. The van der Waals surface area contributed by atoms with Gasteiger partial charge in [0.15, 0.2) is 5.82 Å². The summed E-state index contributed by atoms with van der Waals surface area (Å²) in [7, 11) is -0.367. The number of imidazole rings is 1. The van der Waals surface area contributed by atoms with Gasteiger partial charge in [0.2, 0.25) is 0 Å². The summed E-state index contributed by atoms with van der Waals surface area (Å²) >= 11 is 0. The lowest BCUT2D eigenvalue weighted by atomic mass is 9.67. The number of benzene rings is 7. The first-order chi connectivity index (χ1) is 28.6. The van der Waals surface area contributed by atoms with E-state index in [4.69, 9.17) is 14.4 Å². The molecule has 0 spiro atoms. The van der Waals surface area contributed by atoms with Crippen LogP contribution in [0.5, 0.6) is 17.2 Å². The second-order valence-electron chi connectivity index (χ2n) is 14.7. The summed E-state index contributed by atoms with van der Waals surface area (Å²) in [4.78, 5) is 6.91. The Morgan fingerprint density at radius 2 is 1.22 bits per heavy atom. The summed E-state index contributed by atoms with van der Waals surface area (Å²) in [6.07, 6.45) is 5.54. The number of hydrogen-bond acceptors (Lipinski definition) is 4. The Morgan fingerprint density at radius 1 is 0.603 bits per heavy atom. The maximum atomic E-state index is 6.65. The molecular formula is C50H36BN5O2. The third kappa shape index (κ3) is 5.45. The van der Waals surface area contributed by atoms with Gasteiger partial charge in [-0.1, -0.05) is 114 Å². The van der Waals surface area contributed by atoms with Crippen molar-refractivity contribution in [1.82, 2.24) is 14.1 Å². The van der Waals surface area contributed by atoms with E-state index in [2.05, 4.69) is 178 Å². The molecule has 0 N–H and O–H groups in total. The predicted molar refractivity (Wildman–Crippen MR) is 233 cm³/mol. The fourth-order valence-corrected chi connectivity index (χ4v) is 8.58. The molecule has 1 aliphatic rings. The molecule has 0 fully saturated rings. The lowest BCUT2D eigenvalue weighted by Gasteiger charge is -2.24. The van der Waals surface area contributed by atoms with Crippen molar-refractivity contribution in [3.63, 3.8) is 0 Å². The Hall–Kier alpha value is -7.58. The van der Waals surface area contributed by atoms with Crippen LogP contribution in [-0.2, 0) is 0 Å². The number of hydrogen-bond donors (Lipinski definition) is 0. The molecule has 276 valence electrons. The summed E-state index contributed by atoms with van der Waals surface area (Å²) in [6.45, 7) is 4.26. The largest absolute Gasteiger partial charge is 0.535 e.